The number of rotatable bonds is 1. The molecule has 2 heteroatoms. The van der Waals surface area contributed by atoms with E-state index in [9.17, 15) is 0 Å². The molecule has 1 rings (SSSR count). The lowest BCUT2D eigenvalue weighted by molar-refractivity contribution is -0.0499. The fourth-order valence-electron chi connectivity index (χ4n) is 1.23. The SMILES string of the molecule is CC(C)(C)O[C@@H]1CCNC1. The Morgan fingerprint density at radius 3 is 2.50 bits per heavy atom. The zero-order valence-corrected chi connectivity index (χ0v) is 7.11. The summed E-state index contributed by atoms with van der Waals surface area (Å²) in [6.07, 6.45) is 1.61. The van der Waals surface area contributed by atoms with Crippen molar-refractivity contribution in [1.82, 2.24) is 5.32 Å². The molecule has 0 unspecified atom stereocenters. The van der Waals surface area contributed by atoms with Gasteiger partial charge in [0.25, 0.3) is 0 Å². The van der Waals surface area contributed by atoms with Gasteiger partial charge >= 0.3 is 0 Å². The van der Waals surface area contributed by atoms with Crippen LogP contribution in [0, 0.1) is 0 Å². The maximum absolute atomic E-state index is 5.74. The third kappa shape index (κ3) is 2.67. The quantitative estimate of drug-likeness (QED) is 0.595. The third-order valence-electron chi connectivity index (χ3n) is 1.54. The molecule has 1 aliphatic rings. The molecule has 0 radical (unpaired) electrons. The molecule has 60 valence electrons. The Morgan fingerprint density at radius 2 is 2.10 bits per heavy atom. The van der Waals surface area contributed by atoms with Crippen molar-refractivity contribution in [2.75, 3.05) is 13.1 Å². The van der Waals surface area contributed by atoms with Crippen LogP contribution in [0.15, 0.2) is 0 Å². The Balaban J connectivity index is 2.24. The van der Waals surface area contributed by atoms with Crippen LogP contribution >= 0.6 is 0 Å². The minimum absolute atomic E-state index is 0.0245. The molecule has 10 heavy (non-hydrogen) atoms. The molecule has 1 aliphatic heterocycles. The highest BCUT2D eigenvalue weighted by molar-refractivity contribution is 4.74. The monoisotopic (exact) mass is 143 g/mol. The van der Waals surface area contributed by atoms with Crippen LogP contribution in [0.25, 0.3) is 0 Å². The van der Waals surface area contributed by atoms with E-state index in [1.807, 2.05) is 0 Å². The molecule has 2 nitrogen and oxygen atoms in total. The van der Waals surface area contributed by atoms with Gasteiger partial charge in [-0.2, -0.15) is 0 Å². The first kappa shape index (κ1) is 8.02. The van der Waals surface area contributed by atoms with Crippen molar-refractivity contribution >= 4 is 0 Å². The van der Waals surface area contributed by atoms with E-state index in [2.05, 4.69) is 26.1 Å². The van der Waals surface area contributed by atoms with Gasteiger partial charge in [-0.1, -0.05) is 0 Å². The summed E-state index contributed by atoms with van der Waals surface area (Å²) >= 11 is 0. The molecule has 1 heterocycles. The van der Waals surface area contributed by atoms with Gasteiger partial charge in [0.2, 0.25) is 0 Å². The Kier molecular flexibility index (Phi) is 2.32. The standard InChI is InChI=1S/C8H17NO/c1-8(2,3)10-7-4-5-9-6-7/h7,9H,4-6H2,1-3H3/t7-/m1/s1. The number of nitrogens with one attached hydrogen (secondary N) is 1. The molecule has 0 spiro atoms. The number of hydrogen-bond acceptors (Lipinski definition) is 2. The van der Waals surface area contributed by atoms with Gasteiger partial charge in [-0.3, -0.25) is 0 Å². The first-order chi connectivity index (χ1) is 4.58. The van der Waals surface area contributed by atoms with Gasteiger partial charge < -0.3 is 10.1 Å². The van der Waals surface area contributed by atoms with Gasteiger partial charge in [0, 0.05) is 6.54 Å². The van der Waals surface area contributed by atoms with Crippen molar-refractivity contribution in [3.05, 3.63) is 0 Å². The molecule has 1 atom stereocenters. The van der Waals surface area contributed by atoms with Crippen LogP contribution < -0.4 is 5.32 Å². The highest BCUT2D eigenvalue weighted by atomic mass is 16.5. The molecule has 0 bridgehead atoms. The van der Waals surface area contributed by atoms with E-state index in [4.69, 9.17) is 4.74 Å². The Hall–Kier alpha value is -0.0800. The highest BCUT2D eigenvalue weighted by Gasteiger charge is 2.21. The number of ether oxygens (including phenoxy) is 1. The number of hydrogen-bond donors (Lipinski definition) is 1. The van der Waals surface area contributed by atoms with Crippen molar-refractivity contribution in [2.45, 2.75) is 38.9 Å². The van der Waals surface area contributed by atoms with Gasteiger partial charge in [-0.15, -0.1) is 0 Å². The van der Waals surface area contributed by atoms with E-state index >= 15 is 0 Å². The van der Waals surface area contributed by atoms with Crippen molar-refractivity contribution in [3.63, 3.8) is 0 Å². The largest absolute Gasteiger partial charge is 0.371 e. The van der Waals surface area contributed by atoms with E-state index in [1.54, 1.807) is 0 Å². The fraction of sp³-hybridized carbons (Fsp3) is 1.00. The average molecular weight is 143 g/mol. The first-order valence-electron chi connectivity index (χ1n) is 3.96. The molecule has 1 saturated heterocycles. The van der Waals surface area contributed by atoms with Gasteiger partial charge in [-0.25, -0.2) is 0 Å². The van der Waals surface area contributed by atoms with Crippen LogP contribution in [-0.4, -0.2) is 24.8 Å². The van der Waals surface area contributed by atoms with Crippen LogP contribution in [0.4, 0.5) is 0 Å². The van der Waals surface area contributed by atoms with E-state index in [1.165, 1.54) is 0 Å². The summed E-state index contributed by atoms with van der Waals surface area (Å²) in [5.41, 5.74) is 0.0245. The molecule has 1 fully saturated rings. The third-order valence-corrected chi connectivity index (χ3v) is 1.54. The zero-order valence-electron chi connectivity index (χ0n) is 7.11. The van der Waals surface area contributed by atoms with Crippen LogP contribution in [0.1, 0.15) is 27.2 Å². The van der Waals surface area contributed by atoms with Gasteiger partial charge in [0.05, 0.1) is 11.7 Å². The lowest BCUT2D eigenvalue weighted by Crippen LogP contribution is -2.28. The maximum atomic E-state index is 5.74. The van der Waals surface area contributed by atoms with E-state index in [0.717, 1.165) is 19.5 Å². The first-order valence-corrected chi connectivity index (χ1v) is 3.96. The van der Waals surface area contributed by atoms with Crippen LogP contribution in [0.2, 0.25) is 0 Å². The second kappa shape index (κ2) is 2.89. The summed E-state index contributed by atoms with van der Waals surface area (Å²) in [6, 6.07) is 0. The summed E-state index contributed by atoms with van der Waals surface area (Å²) < 4.78 is 5.74. The normalized spacial score (nSPS) is 27.3. The molecular weight excluding hydrogens is 126 g/mol. The summed E-state index contributed by atoms with van der Waals surface area (Å²) in [5.74, 6) is 0. The maximum Gasteiger partial charge on any atom is 0.0718 e. The molecule has 0 aliphatic carbocycles. The zero-order chi connectivity index (χ0) is 7.61. The van der Waals surface area contributed by atoms with Gasteiger partial charge in [-0.05, 0) is 33.7 Å². The minimum atomic E-state index is 0.0245. The van der Waals surface area contributed by atoms with Gasteiger partial charge in [0.1, 0.15) is 0 Å². The lowest BCUT2D eigenvalue weighted by atomic mass is 10.2. The summed E-state index contributed by atoms with van der Waals surface area (Å²) in [4.78, 5) is 0. The molecule has 1 N–H and O–H groups in total. The second-order valence-corrected chi connectivity index (χ2v) is 3.85. The fourth-order valence-corrected chi connectivity index (χ4v) is 1.23. The van der Waals surface area contributed by atoms with Crippen molar-refractivity contribution < 1.29 is 4.74 Å². The molecule has 0 aromatic carbocycles. The van der Waals surface area contributed by atoms with Crippen molar-refractivity contribution in [2.24, 2.45) is 0 Å². The van der Waals surface area contributed by atoms with E-state index in [-0.39, 0.29) is 5.60 Å². The van der Waals surface area contributed by atoms with E-state index < -0.39 is 0 Å². The molecule has 0 amide bonds. The van der Waals surface area contributed by atoms with Gasteiger partial charge in [0.15, 0.2) is 0 Å². The molecule has 0 saturated carbocycles. The minimum Gasteiger partial charge on any atom is -0.371 e. The predicted molar refractivity (Wildman–Crippen MR) is 42.1 cm³/mol. The Morgan fingerprint density at radius 1 is 1.40 bits per heavy atom. The summed E-state index contributed by atoms with van der Waals surface area (Å²) in [7, 11) is 0. The van der Waals surface area contributed by atoms with Crippen LogP contribution in [0.5, 0.6) is 0 Å². The van der Waals surface area contributed by atoms with Crippen LogP contribution in [0.3, 0.4) is 0 Å². The smallest absolute Gasteiger partial charge is 0.0718 e. The molecule has 0 aromatic rings. The second-order valence-electron chi connectivity index (χ2n) is 3.85. The summed E-state index contributed by atoms with van der Waals surface area (Å²) in [6.45, 7) is 8.44. The van der Waals surface area contributed by atoms with E-state index in [0.29, 0.717) is 6.10 Å². The highest BCUT2D eigenvalue weighted by Crippen LogP contribution is 2.14. The van der Waals surface area contributed by atoms with Crippen LogP contribution in [-0.2, 0) is 4.74 Å². The lowest BCUT2D eigenvalue weighted by Gasteiger charge is -2.23. The van der Waals surface area contributed by atoms with Crippen molar-refractivity contribution in [3.8, 4) is 0 Å². The van der Waals surface area contributed by atoms with Crippen molar-refractivity contribution in [1.29, 1.82) is 0 Å². The topological polar surface area (TPSA) is 21.3 Å². The Labute approximate surface area is 63.0 Å². The predicted octanol–water partition coefficient (Wildman–Crippen LogP) is 1.16. The average Bonchev–Trinajstić information content (AvgIpc) is 2.12. The summed E-state index contributed by atoms with van der Waals surface area (Å²) in [5, 5.41) is 3.27. The molecular formula is C8H17NO. The molecule has 0 aromatic heterocycles. The Bertz CT molecular complexity index is 100.